The van der Waals surface area contributed by atoms with Gasteiger partial charge < -0.3 is 23.3 Å². The maximum atomic E-state index is 12.7. The van der Waals surface area contributed by atoms with E-state index in [1.807, 2.05) is 0 Å². The molecule has 10 heteroatoms. The van der Waals surface area contributed by atoms with Crippen molar-refractivity contribution in [3.05, 3.63) is 0 Å². The smallest absolute Gasteiger partial charge is 0.325 e. The fourth-order valence-electron chi connectivity index (χ4n) is 10.7. The second kappa shape index (κ2) is 14.0. The molecule has 4 aliphatic carbocycles. The summed E-state index contributed by atoms with van der Waals surface area (Å²) < 4.78 is 26.1. The number of carbonyl (C=O) groups is 2. The zero-order chi connectivity index (χ0) is 34.5. The van der Waals surface area contributed by atoms with Gasteiger partial charge in [-0.1, -0.05) is 20.8 Å². The van der Waals surface area contributed by atoms with Gasteiger partial charge in [0.2, 0.25) is 5.91 Å². The third-order valence-electron chi connectivity index (χ3n) is 12.4. The fourth-order valence-corrected chi connectivity index (χ4v) is 14.3. The molecular formula is C36H69NO6Si3. The van der Waals surface area contributed by atoms with Crippen LogP contribution in [0.4, 0.5) is 0 Å². The van der Waals surface area contributed by atoms with Gasteiger partial charge in [-0.05, 0) is 157 Å². The quantitative estimate of drug-likeness (QED) is 0.164. The van der Waals surface area contributed by atoms with Crippen LogP contribution in [-0.2, 0) is 27.6 Å². The number of hydrogen-bond acceptors (Lipinski definition) is 6. The molecule has 0 bridgehead atoms. The number of hydrogen-bond donors (Lipinski definition) is 1. The van der Waals surface area contributed by atoms with Crippen LogP contribution in [-0.4, -0.2) is 68.8 Å². The molecule has 4 fully saturated rings. The fraction of sp³-hybridized carbons (Fsp3) is 0.944. The Hall–Kier alpha value is -0.529. The van der Waals surface area contributed by atoms with E-state index in [1.165, 1.54) is 45.6 Å². The zero-order valence-electron chi connectivity index (χ0n) is 31.7. The second-order valence-corrected chi connectivity index (χ2v) is 32.4. The van der Waals surface area contributed by atoms with Gasteiger partial charge in [0.1, 0.15) is 6.54 Å². The lowest BCUT2D eigenvalue weighted by Gasteiger charge is -2.66. The van der Waals surface area contributed by atoms with E-state index >= 15 is 0 Å². The topological polar surface area (TPSA) is 83.1 Å². The summed E-state index contributed by atoms with van der Waals surface area (Å²) in [7, 11) is -3.89. The van der Waals surface area contributed by atoms with Gasteiger partial charge >= 0.3 is 5.97 Å². The van der Waals surface area contributed by atoms with E-state index in [-0.39, 0.29) is 29.4 Å². The first-order valence-corrected chi connectivity index (χ1v) is 28.7. The maximum Gasteiger partial charge on any atom is 0.325 e. The van der Waals surface area contributed by atoms with E-state index in [0.29, 0.717) is 54.1 Å². The summed E-state index contributed by atoms with van der Waals surface area (Å²) in [6.45, 7) is 28.7. The van der Waals surface area contributed by atoms with Crippen molar-refractivity contribution in [2.75, 3.05) is 13.7 Å². The minimum atomic E-state index is -1.84. The summed E-state index contributed by atoms with van der Waals surface area (Å²) in [5, 5.41) is 2.74. The lowest BCUT2D eigenvalue weighted by atomic mass is 9.43. The number of nitrogens with one attached hydrogen (secondary N) is 1. The Morgan fingerprint density at radius 3 is 2.04 bits per heavy atom. The molecule has 0 aliphatic heterocycles. The van der Waals surface area contributed by atoms with Gasteiger partial charge in [-0.2, -0.15) is 0 Å². The second-order valence-electron chi connectivity index (χ2n) is 19.0. The van der Waals surface area contributed by atoms with E-state index in [9.17, 15) is 9.59 Å². The van der Waals surface area contributed by atoms with Crippen molar-refractivity contribution < 1.29 is 27.6 Å². The molecule has 4 unspecified atom stereocenters. The molecule has 11 atom stereocenters. The first-order chi connectivity index (χ1) is 21.1. The largest absolute Gasteiger partial charge is 0.468 e. The van der Waals surface area contributed by atoms with Gasteiger partial charge in [-0.3, -0.25) is 9.59 Å². The lowest BCUT2D eigenvalue weighted by molar-refractivity contribution is -0.199. The van der Waals surface area contributed by atoms with Gasteiger partial charge in [-0.25, -0.2) is 0 Å². The molecule has 4 aliphatic rings. The molecule has 0 aromatic carbocycles. The number of ether oxygens (including phenoxy) is 1. The highest BCUT2D eigenvalue weighted by molar-refractivity contribution is 6.70. The summed E-state index contributed by atoms with van der Waals surface area (Å²) in [4.78, 5) is 24.2. The van der Waals surface area contributed by atoms with Gasteiger partial charge in [0.25, 0.3) is 0 Å². The van der Waals surface area contributed by atoms with Crippen LogP contribution in [0.5, 0.6) is 0 Å². The molecule has 1 amide bonds. The van der Waals surface area contributed by atoms with E-state index in [2.05, 4.69) is 85.0 Å². The summed E-state index contributed by atoms with van der Waals surface area (Å²) in [6, 6.07) is 0. The lowest BCUT2D eigenvalue weighted by Crippen LogP contribution is -2.64. The molecule has 0 saturated heterocycles. The number of esters is 1. The van der Waals surface area contributed by atoms with Crippen LogP contribution in [0.15, 0.2) is 0 Å². The highest BCUT2D eigenvalue weighted by Crippen LogP contribution is 2.69. The van der Waals surface area contributed by atoms with Crippen LogP contribution in [0.3, 0.4) is 0 Å². The Morgan fingerprint density at radius 2 is 1.46 bits per heavy atom. The average molecular weight is 696 g/mol. The molecule has 4 rings (SSSR count). The highest BCUT2D eigenvalue weighted by atomic mass is 28.4. The predicted octanol–water partition coefficient (Wildman–Crippen LogP) is 8.23. The van der Waals surface area contributed by atoms with Crippen molar-refractivity contribution >= 4 is 36.8 Å². The number of carbonyl (C=O) groups excluding carboxylic acids is 2. The van der Waals surface area contributed by atoms with Crippen LogP contribution in [0.2, 0.25) is 58.9 Å². The van der Waals surface area contributed by atoms with Crippen LogP contribution >= 0.6 is 0 Å². The molecule has 46 heavy (non-hydrogen) atoms. The van der Waals surface area contributed by atoms with Gasteiger partial charge in [0.05, 0.1) is 13.2 Å². The van der Waals surface area contributed by atoms with Gasteiger partial charge in [0.15, 0.2) is 25.0 Å². The summed E-state index contributed by atoms with van der Waals surface area (Å²) in [5.41, 5.74) is 0.332. The zero-order valence-corrected chi connectivity index (χ0v) is 34.7. The molecular weight excluding hydrogens is 627 g/mol. The summed E-state index contributed by atoms with van der Waals surface area (Å²) >= 11 is 0. The first-order valence-electron chi connectivity index (χ1n) is 18.4. The molecule has 4 saturated carbocycles. The SMILES string of the molecule is COC(=O)CNC(=O)CC[C@@H](C)[C@H]1CC[C@H]2[C@@H]3C(O[Si](C)(C)C)CC4CC(O[Si](C)(C)C)CC[C@]4(C)[C@H]3CC(O[Si](C)(C)C)[C@]12C. The molecule has 0 radical (unpaired) electrons. The Kier molecular flexibility index (Phi) is 11.7. The van der Waals surface area contributed by atoms with Crippen LogP contribution < -0.4 is 5.32 Å². The Balaban J connectivity index is 1.65. The minimum absolute atomic E-state index is 0.0474. The number of methoxy groups -OCH3 is 1. The normalized spacial score (nSPS) is 38.7. The van der Waals surface area contributed by atoms with Crippen LogP contribution in [0.25, 0.3) is 0 Å². The Morgan fingerprint density at radius 1 is 0.826 bits per heavy atom. The summed E-state index contributed by atoms with van der Waals surface area (Å²) in [6.07, 6.45) is 10.5. The molecule has 266 valence electrons. The third-order valence-corrected chi connectivity index (χ3v) is 15.5. The molecule has 1 N–H and O–H groups in total. The third kappa shape index (κ3) is 8.60. The number of rotatable bonds is 12. The molecule has 0 aromatic heterocycles. The number of amides is 1. The number of fused-ring (bicyclic) bond motifs is 5. The van der Waals surface area contributed by atoms with E-state index < -0.39 is 30.9 Å². The van der Waals surface area contributed by atoms with Gasteiger partial charge in [0, 0.05) is 18.6 Å². The monoisotopic (exact) mass is 695 g/mol. The molecule has 7 nitrogen and oxygen atoms in total. The van der Waals surface area contributed by atoms with Crippen molar-refractivity contribution in [1.29, 1.82) is 0 Å². The first kappa shape index (κ1) is 38.3. The van der Waals surface area contributed by atoms with Crippen LogP contribution in [0, 0.1) is 46.3 Å². The Labute approximate surface area is 284 Å². The molecule has 0 spiro atoms. The van der Waals surface area contributed by atoms with Crippen molar-refractivity contribution in [3.8, 4) is 0 Å². The van der Waals surface area contributed by atoms with Crippen molar-refractivity contribution in [2.24, 2.45) is 46.3 Å². The van der Waals surface area contributed by atoms with E-state index in [0.717, 1.165) is 12.8 Å². The molecule has 0 heterocycles. The van der Waals surface area contributed by atoms with Crippen LogP contribution in [0.1, 0.15) is 78.6 Å². The Bertz CT molecular complexity index is 1090. The van der Waals surface area contributed by atoms with Crippen molar-refractivity contribution in [1.82, 2.24) is 5.32 Å². The maximum absolute atomic E-state index is 12.7. The average Bonchev–Trinajstić information content (AvgIpc) is 3.27. The van der Waals surface area contributed by atoms with Crippen molar-refractivity contribution in [2.45, 2.75) is 156 Å². The summed E-state index contributed by atoms with van der Waals surface area (Å²) in [5.74, 6) is 2.73. The van der Waals surface area contributed by atoms with E-state index in [1.54, 1.807) is 0 Å². The standard InChI is InChI=1S/C36H69NO6Si3/c1-24(14-17-32(38)37-23-33(39)40-4)27-15-16-28-34-29(22-31(36(27,28)3)43-46(11,12)13)35(2)19-18-26(41-44(5,6)7)20-25(35)21-30(34)42-45(8,9)10/h24-31,34H,14-23H2,1-13H3,(H,37,38)/t24-,25?,26?,27-,28+,29+,30?,31?,34+,35+,36-/m1/s1. The molecule has 0 aromatic rings. The van der Waals surface area contributed by atoms with E-state index in [4.69, 9.17) is 18.0 Å². The minimum Gasteiger partial charge on any atom is -0.468 e. The highest BCUT2D eigenvalue weighted by Gasteiger charge is 2.67. The van der Waals surface area contributed by atoms with Gasteiger partial charge in [-0.15, -0.1) is 0 Å². The predicted molar refractivity (Wildman–Crippen MR) is 194 cm³/mol. The van der Waals surface area contributed by atoms with Crippen molar-refractivity contribution in [3.63, 3.8) is 0 Å².